The third-order valence-electron chi connectivity index (χ3n) is 5.78. The number of hydrogen-bond acceptors (Lipinski definition) is 2. The second-order valence-electron chi connectivity index (χ2n) is 7.56. The van der Waals surface area contributed by atoms with Crippen LogP contribution in [0.1, 0.15) is 11.5 Å². The lowest BCUT2D eigenvalue weighted by Crippen LogP contribution is -2.05. The summed E-state index contributed by atoms with van der Waals surface area (Å²) < 4.78 is 2.35. The number of nitrogens with zero attached hydrogens (tertiary/aromatic N) is 3. The Morgan fingerprint density at radius 2 is 1.34 bits per heavy atom. The predicted molar refractivity (Wildman–Crippen MR) is 120 cm³/mol. The molecule has 2 aromatic heterocycles. The van der Waals surface area contributed by atoms with Crippen LogP contribution in [0.3, 0.4) is 0 Å². The minimum atomic E-state index is 0.647. The average molecular weight is 373 g/mol. The van der Waals surface area contributed by atoms with Gasteiger partial charge in [-0.25, -0.2) is 9.97 Å². The largest absolute Gasteiger partial charge is 0.333 e. The molecule has 0 saturated carbocycles. The molecule has 0 aliphatic rings. The quantitative estimate of drug-likeness (QED) is 0.359. The van der Waals surface area contributed by atoms with E-state index in [1.54, 1.807) is 0 Å². The molecule has 2 heterocycles. The summed E-state index contributed by atoms with van der Waals surface area (Å²) in [5.41, 5.74) is 4.46. The van der Waals surface area contributed by atoms with Gasteiger partial charge in [-0.3, -0.25) is 0 Å². The van der Waals surface area contributed by atoms with Gasteiger partial charge in [0.05, 0.1) is 17.6 Å². The highest BCUT2D eigenvalue weighted by atomic mass is 15.0. The van der Waals surface area contributed by atoms with Crippen LogP contribution in [-0.2, 0) is 6.54 Å². The van der Waals surface area contributed by atoms with Gasteiger partial charge in [0.25, 0.3) is 0 Å². The van der Waals surface area contributed by atoms with E-state index in [1.807, 2.05) is 12.1 Å². The van der Waals surface area contributed by atoms with Crippen LogP contribution >= 0.6 is 0 Å². The molecule has 0 saturated heterocycles. The van der Waals surface area contributed by atoms with Gasteiger partial charge < -0.3 is 4.57 Å². The van der Waals surface area contributed by atoms with Crippen molar-refractivity contribution >= 4 is 43.5 Å². The van der Waals surface area contributed by atoms with E-state index in [2.05, 4.69) is 84.3 Å². The average Bonchev–Trinajstić information content (AvgIpc) is 3.05. The lowest BCUT2D eigenvalue weighted by Gasteiger charge is -2.09. The van der Waals surface area contributed by atoms with E-state index < -0.39 is 0 Å². The third-order valence-corrected chi connectivity index (χ3v) is 5.78. The molecule has 0 aliphatic carbocycles. The lowest BCUT2D eigenvalue weighted by molar-refractivity contribution is 0.796. The summed E-state index contributed by atoms with van der Waals surface area (Å²) in [6.45, 7) is 2.71. The highest BCUT2D eigenvalue weighted by Crippen LogP contribution is 2.32. The number of benzene rings is 4. The van der Waals surface area contributed by atoms with Gasteiger partial charge in [0, 0.05) is 27.4 Å². The van der Waals surface area contributed by atoms with Gasteiger partial charge in [0.2, 0.25) is 0 Å². The molecular formula is C26H19N3. The number of aryl methyl sites for hydroxylation is 1. The fraction of sp³-hybridized carbons (Fsp3) is 0.0769. The Labute approximate surface area is 168 Å². The van der Waals surface area contributed by atoms with Gasteiger partial charge in [-0.15, -0.1) is 0 Å². The van der Waals surface area contributed by atoms with Crippen LogP contribution in [0.15, 0.2) is 84.9 Å². The van der Waals surface area contributed by atoms with Crippen molar-refractivity contribution in [3.05, 3.63) is 96.4 Å². The van der Waals surface area contributed by atoms with Crippen molar-refractivity contribution in [2.45, 2.75) is 13.5 Å². The Kier molecular flexibility index (Phi) is 3.44. The van der Waals surface area contributed by atoms with E-state index >= 15 is 0 Å². The molecule has 0 fully saturated rings. The van der Waals surface area contributed by atoms with Crippen LogP contribution in [0, 0.1) is 6.92 Å². The smallest absolute Gasteiger partial charge is 0.148 e. The van der Waals surface area contributed by atoms with Crippen molar-refractivity contribution in [1.82, 2.24) is 14.5 Å². The molecule has 0 aliphatic heterocycles. The molecule has 4 aromatic carbocycles. The second kappa shape index (κ2) is 6.14. The summed E-state index contributed by atoms with van der Waals surface area (Å²) >= 11 is 0. The number of hydrogen-bond donors (Lipinski definition) is 0. The van der Waals surface area contributed by atoms with Crippen LogP contribution in [0.4, 0.5) is 0 Å². The standard InChI is InChI=1S/C26H19N3/c1-17-20-10-4-6-12-23(20)28-26(27-17)16-29-24-13-7-5-11-21(24)22-14-18-8-2-3-9-19(18)15-25(22)29/h2-15H,16H2,1H3. The molecule has 0 unspecified atom stereocenters. The second-order valence-corrected chi connectivity index (χ2v) is 7.56. The maximum absolute atomic E-state index is 4.85. The van der Waals surface area contributed by atoms with Gasteiger partial charge in [-0.1, -0.05) is 60.7 Å². The molecule has 3 heteroatoms. The Morgan fingerprint density at radius 3 is 2.21 bits per heavy atom. The number of aromatic nitrogens is 3. The van der Waals surface area contributed by atoms with Gasteiger partial charge in [0.15, 0.2) is 0 Å². The van der Waals surface area contributed by atoms with E-state index in [9.17, 15) is 0 Å². The highest BCUT2D eigenvalue weighted by molar-refractivity contribution is 6.12. The highest BCUT2D eigenvalue weighted by Gasteiger charge is 2.13. The number of fused-ring (bicyclic) bond motifs is 5. The fourth-order valence-corrected chi connectivity index (χ4v) is 4.41. The normalized spacial score (nSPS) is 11.8. The van der Waals surface area contributed by atoms with Crippen molar-refractivity contribution in [2.24, 2.45) is 0 Å². The molecule has 0 spiro atoms. The van der Waals surface area contributed by atoms with Crippen molar-refractivity contribution in [2.75, 3.05) is 0 Å². The van der Waals surface area contributed by atoms with E-state index in [-0.39, 0.29) is 0 Å². The zero-order valence-electron chi connectivity index (χ0n) is 16.1. The SMILES string of the molecule is Cc1nc(Cn2c3ccccc3c3cc4ccccc4cc32)nc2ccccc12. The Morgan fingerprint density at radius 1 is 0.655 bits per heavy atom. The Balaban J connectivity index is 1.63. The van der Waals surface area contributed by atoms with Crippen molar-refractivity contribution in [1.29, 1.82) is 0 Å². The van der Waals surface area contributed by atoms with E-state index in [1.165, 1.54) is 32.6 Å². The summed E-state index contributed by atoms with van der Waals surface area (Å²) in [5, 5.41) is 6.17. The zero-order valence-corrected chi connectivity index (χ0v) is 16.1. The van der Waals surface area contributed by atoms with Crippen LogP contribution in [-0.4, -0.2) is 14.5 Å². The molecule has 138 valence electrons. The molecule has 29 heavy (non-hydrogen) atoms. The van der Waals surface area contributed by atoms with Gasteiger partial charge in [-0.2, -0.15) is 0 Å². The van der Waals surface area contributed by atoms with Crippen LogP contribution < -0.4 is 0 Å². The molecule has 0 atom stereocenters. The van der Waals surface area contributed by atoms with Crippen molar-refractivity contribution in [3.8, 4) is 0 Å². The van der Waals surface area contributed by atoms with Gasteiger partial charge in [0.1, 0.15) is 5.82 Å². The molecule has 6 aromatic rings. The number of rotatable bonds is 2. The first-order valence-corrected chi connectivity index (χ1v) is 9.90. The summed E-state index contributed by atoms with van der Waals surface area (Å²) in [6, 6.07) is 30.0. The summed E-state index contributed by atoms with van der Waals surface area (Å²) in [6.07, 6.45) is 0. The lowest BCUT2D eigenvalue weighted by atomic mass is 10.1. The van der Waals surface area contributed by atoms with Crippen LogP contribution in [0.5, 0.6) is 0 Å². The molecule has 6 rings (SSSR count). The monoisotopic (exact) mass is 373 g/mol. The van der Waals surface area contributed by atoms with Crippen molar-refractivity contribution in [3.63, 3.8) is 0 Å². The van der Waals surface area contributed by atoms with E-state index in [4.69, 9.17) is 9.97 Å². The molecule has 3 nitrogen and oxygen atoms in total. The van der Waals surface area contributed by atoms with E-state index in [0.717, 1.165) is 22.4 Å². The minimum Gasteiger partial charge on any atom is -0.333 e. The summed E-state index contributed by atoms with van der Waals surface area (Å²) in [4.78, 5) is 9.68. The summed E-state index contributed by atoms with van der Waals surface area (Å²) in [5.74, 6) is 0.844. The molecule has 0 bridgehead atoms. The van der Waals surface area contributed by atoms with Crippen LogP contribution in [0.25, 0.3) is 43.5 Å². The third kappa shape index (κ3) is 2.51. The van der Waals surface area contributed by atoms with Gasteiger partial charge in [-0.05, 0) is 42.0 Å². The number of para-hydroxylation sites is 2. The van der Waals surface area contributed by atoms with Crippen molar-refractivity contribution < 1.29 is 0 Å². The molecular weight excluding hydrogens is 354 g/mol. The maximum Gasteiger partial charge on any atom is 0.148 e. The Bertz CT molecular complexity index is 1540. The first-order chi connectivity index (χ1) is 14.3. The first kappa shape index (κ1) is 16.3. The predicted octanol–water partition coefficient (Wildman–Crippen LogP) is 6.25. The van der Waals surface area contributed by atoms with Crippen LogP contribution in [0.2, 0.25) is 0 Å². The van der Waals surface area contributed by atoms with Gasteiger partial charge >= 0.3 is 0 Å². The fourth-order valence-electron chi connectivity index (χ4n) is 4.41. The first-order valence-electron chi connectivity index (χ1n) is 9.90. The molecule has 0 N–H and O–H groups in total. The summed E-state index contributed by atoms with van der Waals surface area (Å²) in [7, 11) is 0. The zero-order chi connectivity index (χ0) is 19.4. The molecule has 0 radical (unpaired) electrons. The minimum absolute atomic E-state index is 0.647. The Hall–Kier alpha value is -3.72. The van der Waals surface area contributed by atoms with E-state index in [0.29, 0.717) is 6.54 Å². The molecule has 0 amide bonds. The topological polar surface area (TPSA) is 30.7 Å². The maximum atomic E-state index is 4.85.